The van der Waals surface area contributed by atoms with E-state index in [1.165, 1.54) is 0 Å². The SMILES string of the molecule is CCOC(=O)/C(OCC)=C(/C#N)c1ccc(Cl)cc1. The lowest BCUT2D eigenvalue weighted by Gasteiger charge is -2.10. The van der Waals surface area contributed by atoms with E-state index in [9.17, 15) is 10.1 Å². The zero-order valence-electron chi connectivity index (χ0n) is 10.8. The molecule has 0 aliphatic rings. The molecule has 0 aliphatic heterocycles. The second-order valence-electron chi connectivity index (χ2n) is 3.48. The Kier molecular flexibility index (Phi) is 5.91. The molecule has 19 heavy (non-hydrogen) atoms. The Morgan fingerprint density at radius 1 is 1.21 bits per heavy atom. The summed E-state index contributed by atoms with van der Waals surface area (Å²) in [6.07, 6.45) is 0. The number of benzene rings is 1. The van der Waals surface area contributed by atoms with Gasteiger partial charge in [0.05, 0.1) is 13.2 Å². The number of carbonyl (C=O) groups excluding carboxylic acids is 1. The summed E-state index contributed by atoms with van der Waals surface area (Å²) < 4.78 is 10.1. The predicted molar refractivity (Wildman–Crippen MR) is 72.2 cm³/mol. The third-order valence-corrected chi connectivity index (χ3v) is 2.47. The first-order chi connectivity index (χ1) is 9.13. The largest absolute Gasteiger partial charge is 0.486 e. The molecule has 0 radical (unpaired) electrons. The summed E-state index contributed by atoms with van der Waals surface area (Å²) in [5, 5.41) is 9.79. The first-order valence-electron chi connectivity index (χ1n) is 5.84. The summed E-state index contributed by atoms with van der Waals surface area (Å²) in [6.45, 7) is 3.91. The number of nitriles is 1. The first kappa shape index (κ1) is 15.1. The van der Waals surface area contributed by atoms with Crippen molar-refractivity contribution >= 4 is 23.1 Å². The van der Waals surface area contributed by atoms with Crippen LogP contribution in [-0.4, -0.2) is 19.2 Å². The van der Waals surface area contributed by atoms with Gasteiger partial charge in [-0.3, -0.25) is 0 Å². The second kappa shape index (κ2) is 7.45. The maximum Gasteiger partial charge on any atom is 0.375 e. The minimum Gasteiger partial charge on any atom is -0.486 e. The van der Waals surface area contributed by atoms with Crippen molar-refractivity contribution in [2.24, 2.45) is 0 Å². The molecule has 0 aliphatic carbocycles. The number of allylic oxidation sites excluding steroid dienone is 1. The van der Waals surface area contributed by atoms with Crippen molar-refractivity contribution in [1.29, 1.82) is 5.26 Å². The van der Waals surface area contributed by atoms with Gasteiger partial charge in [-0.15, -0.1) is 0 Å². The zero-order valence-corrected chi connectivity index (χ0v) is 11.5. The highest BCUT2D eigenvalue weighted by Gasteiger charge is 2.19. The van der Waals surface area contributed by atoms with E-state index < -0.39 is 5.97 Å². The van der Waals surface area contributed by atoms with Gasteiger partial charge in [0.1, 0.15) is 11.6 Å². The van der Waals surface area contributed by atoms with E-state index in [4.69, 9.17) is 21.1 Å². The maximum atomic E-state index is 11.8. The first-order valence-corrected chi connectivity index (χ1v) is 6.22. The van der Waals surface area contributed by atoms with Crippen molar-refractivity contribution in [3.8, 4) is 6.07 Å². The van der Waals surface area contributed by atoms with E-state index in [1.54, 1.807) is 38.1 Å². The van der Waals surface area contributed by atoms with Crippen molar-refractivity contribution in [2.75, 3.05) is 13.2 Å². The number of ether oxygens (including phenoxy) is 2. The molecule has 0 aromatic heterocycles. The molecule has 0 heterocycles. The molecule has 0 fully saturated rings. The lowest BCUT2D eigenvalue weighted by Crippen LogP contribution is -2.12. The van der Waals surface area contributed by atoms with Gasteiger partial charge in [0.2, 0.25) is 5.76 Å². The highest BCUT2D eigenvalue weighted by atomic mass is 35.5. The van der Waals surface area contributed by atoms with Crippen LogP contribution in [0.15, 0.2) is 30.0 Å². The Labute approximate surface area is 117 Å². The topological polar surface area (TPSA) is 59.3 Å². The lowest BCUT2D eigenvalue weighted by molar-refractivity contribution is -0.142. The van der Waals surface area contributed by atoms with Crippen molar-refractivity contribution in [1.82, 2.24) is 0 Å². The van der Waals surface area contributed by atoms with Crippen molar-refractivity contribution in [3.05, 3.63) is 40.6 Å². The summed E-state index contributed by atoms with van der Waals surface area (Å²) in [5.74, 6) is -0.718. The molecule has 100 valence electrons. The third kappa shape index (κ3) is 4.01. The average molecular weight is 280 g/mol. The fourth-order valence-electron chi connectivity index (χ4n) is 1.44. The fraction of sp³-hybridized carbons (Fsp3) is 0.286. The van der Waals surface area contributed by atoms with Crippen LogP contribution in [0.5, 0.6) is 0 Å². The number of rotatable bonds is 5. The molecule has 0 atom stereocenters. The van der Waals surface area contributed by atoms with Gasteiger partial charge < -0.3 is 9.47 Å². The third-order valence-electron chi connectivity index (χ3n) is 2.22. The van der Waals surface area contributed by atoms with E-state index in [-0.39, 0.29) is 24.5 Å². The Hall–Kier alpha value is -1.99. The van der Waals surface area contributed by atoms with E-state index in [0.29, 0.717) is 10.6 Å². The van der Waals surface area contributed by atoms with Crippen LogP contribution in [0.2, 0.25) is 5.02 Å². The summed E-state index contributed by atoms with van der Waals surface area (Å²) in [4.78, 5) is 11.8. The summed E-state index contributed by atoms with van der Waals surface area (Å²) >= 11 is 5.79. The van der Waals surface area contributed by atoms with Crippen molar-refractivity contribution in [3.63, 3.8) is 0 Å². The van der Waals surface area contributed by atoms with Gasteiger partial charge in [-0.1, -0.05) is 23.7 Å². The molecule has 0 saturated heterocycles. The molecule has 0 saturated carbocycles. The van der Waals surface area contributed by atoms with Crippen LogP contribution in [0.1, 0.15) is 19.4 Å². The van der Waals surface area contributed by atoms with Crippen LogP contribution >= 0.6 is 11.6 Å². The molecular weight excluding hydrogens is 266 g/mol. The van der Waals surface area contributed by atoms with E-state index in [2.05, 4.69) is 0 Å². The molecular formula is C14H14ClNO3. The molecule has 0 N–H and O–H groups in total. The fourth-order valence-corrected chi connectivity index (χ4v) is 1.56. The van der Waals surface area contributed by atoms with E-state index in [0.717, 1.165) is 0 Å². The molecule has 1 rings (SSSR count). The number of halogens is 1. The Morgan fingerprint density at radius 2 is 1.79 bits per heavy atom. The predicted octanol–water partition coefficient (Wildman–Crippen LogP) is 3.17. The van der Waals surface area contributed by atoms with Crippen LogP contribution in [0.25, 0.3) is 5.57 Å². The second-order valence-corrected chi connectivity index (χ2v) is 3.91. The van der Waals surface area contributed by atoms with Gasteiger partial charge in [0.15, 0.2) is 0 Å². The molecule has 1 aromatic rings. The number of hydrogen-bond acceptors (Lipinski definition) is 4. The number of esters is 1. The van der Waals surface area contributed by atoms with Gasteiger partial charge in [0.25, 0.3) is 0 Å². The van der Waals surface area contributed by atoms with Gasteiger partial charge in [-0.2, -0.15) is 5.26 Å². The Balaban J connectivity index is 3.26. The Morgan fingerprint density at radius 3 is 2.26 bits per heavy atom. The normalized spacial score (nSPS) is 11.3. The average Bonchev–Trinajstić information content (AvgIpc) is 2.41. The number of carbonyl (C=O) groups is 1. The van der Waals surface area contributed by atoms with Crippen LogP contribution in [0, 0.1) is 11.3 Å². The van der Waals surface area contributed by atoms with Crippen molar-refractivity contribution in [2.45, 2.75) is 13.8 Å². The van der Waals surface area contributed by atoms with Gasteiger partial charge >= 0.3 is 5.97 Å². The monoisotopic (exact) mass is 279 g/mol. The highest BCUT2D eigenvalue weighted by molar-refractivity contribution is 6.30. The van der Waals surface area contributed by atoms with Crippen LogP contribution < -0.4 is 0 Å². The van der Waals surface area contributed by atoms with Gasteiger partial charge in [-0.05, 0) is 31.5 Å². The summed E-state index contributed by atoms with van der Waals surface area (Å²) in [6, 6.07) is 8.56. The lowest BCUT2D eigenvalue weighted by atomic mass is 10.1. The van der Waals surface area contributed by atoms with E-state index >= 15 is 0 Å². The molecule has 0 unspecified atom stereocenters. The standard InChI is InChI=1S/C14H14ClNO3/c1-3-18-13(14(17)19-4-2)12(9-16)10-5-7-11(15)8-6-10/h5-8H,3-4H2,1-2H3/b13-12+. The van der Waals surface area contributed by atoms with E-state index in [1.807, 2.05) is 6.07 Å². The van der Waals surface area contributed by atoms with Gasteiger partial charge in [-0.25, -0.2) is 4.79 Å². The van der Waals surface area contributed by atoms with Crippen LogP contribution in [0.3, 0.4) is 0 Å². The smallest absolute Gasteiger partial charge is 0.375 e. The molecule has 5 heteroatoms. The molecule has 1 aromatic carbocycles. The van der Waals surface area contributed by atoms with Gasteiger partial charge in [0, 0.05) is 5.02 Å². The molecule has 0 spiro atoms. The maximum absolute atomic E-state index is 11.8. The van der Waals surface area contributed by atoms with Crippen LogP contribution in [-0.2, 0) is 14.3 Å². The highest BCUT2D eigenvalue weighted by Crippen LogP contribution is 2.22. The number of hydrogen-bond donors (Lipinski definition) is 0. The minimum absolute atomic E-state index is 0.0748. The number of nitrogens with zero attached hydrogens (tertiary/aromatic N) is 1. The molecule has 4 nitrogen and oxygen atoms in total. The minimum atomic E-state index is -0.643. The zero-order chi connectivity index (χ0) is 14.3. The summed E-state index contributed by atoms with van der Waals surface area (Å²) in [7, 11) is 0. The molecule has 0 amide bonds. The summed E-state index contributed by atoms with van der Waals surface area (Å²) in [5.41, 5.74) is 0.695. The quantitative estimate of drug-likeness (QED) is 0.359. The molecule has 0 bridgehead atoms. The Bertz CT molecular complexity index is 514. The van der Waals surface area contributed by atoms with Crippen LogP contribution in [0.4, 0.5) is 0 Å². The van der Waals surface area contributed by atoms with Crippen molar-refractivity contribution < 1.29 is 14.3 Å².